The largest absolute Gasteiger partial charge is 0.507 e. The Morgan fingerprint density at radius 1 is 1.15 bits per heavy atom. The van der Waals surface area contributed by atoms with E-state index in [-0.39, 0.29) is 47.8 Å². The van der Waals surface area contributed by atoms with Crippen LogP contribution in [0.5, 0.6) is 23.0 Å². The van der Waals surface area contributed by atoms with Gasteiger partial charge < -0.3 is 35.3 Å². The molecular formula is C28H28N2O9. The van der Waals surface area contributed by atoms with Crippen molar-refractivity contribution >= 4 is 17.7 Å². The van der Waals surface area contributed by atoms with Gasteiger partial charge in [0.05, 0.1) is 31.4 Å². The van der Waals surface area contributed by atoms with E-state index in [0.29, 0.717) is 22.4 Å². The zero-order valence-electron chi connectivity index (χ0n) is 21.6. The van der Waals surface area contributed by atoms with E-state index < -0.39 is 41.2 Å². The zero-order chi connectivity index (χ0) is 28.4. The van der Waals surface area contributed by atoms with Crippen LogP contribution in [0.3, 0.4) is 0 Å². The van der Waals surface area contributed by atoms with Gasteiger partial charge in [0.25, 0.3) is 5.91 Å². The number of phenolic OH excluding ortho intramolecular Hbond substituents is 2. The van der Waals surface area contributed by atoms with Crippen LogP contribution in [-0.2, 0) is 25.7 Å². The number of pyridine rings is 1. The number of primary amides is 1. The summed E-state index contributed by atoms with van der Waals surface area (Å²) in [6, 6.07) is 7.64. The molecule has 2 atom stereocenters. The van der Waals surface area contributed by atoms with E-state index in [1.165, 1.54) is 26.2 Å². The molecule has 5 N–H and O–H groups in total. The maximum Gasteiger partial charge on any atom is 0.306 e. The number of carbonyl (C=O) groups is 3. The second-order valence-corrected chi connectivity index (χ2v) is 9.16. The van der Waals surface area contributed by atoms with E-state index in [1.54, 1.807) is 31.3 Å². The molecule has 0 radical (unpaired) electrons. The van der Waals surface area contributed by atoms with Crippen LogP contribution in [0.15, 0.2) is 36.5 Å². The van der Waals surface area contributed by atoms with Crippen LogP contribution in [0.25, 0.3) is 0 Å². The van der Waals surface area contributed by atoms with Gasteiger partial charge in [0.2, 0.25) is 0 Å². The number of ketones is 1. The Morgan fingerprint density at radius 3 is 2.56 bits per heavy atom. The molecule has 11 heteroatoms. The van der Waals surface area contributed by atoms with Gasteiger partial charge in [0.15, 0.2) is 12.4 Å². The maximum atomic E-state index is 12.6. The summed E-state index contributed by atoms with van der Waals surface area (Å²) < 4.78 is 16.2. The molecule has 39 heavy (non-hydrogen) atoms. The summed E-state index contributed by atoms with van der Waals surface area (Å²) in [5.41, 5.74) is 6.81. The Bertz CT molecular complexity index is 1470. The standard InChI is InChI=1S/C28H28N2O9/c1-13-25(34)23-16(10-30-13)11-39-28(23)20-8-18(14(2)31)26(35)24(27(20)36)19(9-22(33)37-3)15-5-4-6-17(7-15)38-12-21(29)32/h4-8,10,19,28,34-36H,9,11-12H2,1-3H3,(H2,29,32)/t19-,28-/m1/s1. The van der Waals surface area contributed by atoms with Gasteiger partial charge in [-0.05, 0) is 37.6 Å². The minimum Gasteiger partial charge on any atom is -0.507 e. The summed E-state index contributed by atoms with van der Waals surface area (Å²) in [5.74, 6) is -3.66. The maximum absolute atomic E-state index is 12.6. The number of hydrogen-bond donors (Lipinski definition) is 4. The first-order valence-corrected chi connectivity index (χ1v) is 12.0. The lowest BCUT2D eigenvalue weighted by Crippen LogP contribution is -2.20. The smallest absolute Gasteiger partial charge is 0.306 e. The number of benzene rings is 2. The number of aryl methyl sites for hydroxylation is 1. The van der Waals surface area contributed by atoms with Crippen molar-refractivity contribution in [2.24, 2.45) is 5.73 Å². The molecule has 1 aromatic heterocycles. The van der Waals surface area contributed by atoms with E-state index in [4.69, 9.17) is 19.9 Å². The predicted molar refractivity (Wildman–Crippen MR) is 137 cm³/mol. The number of ether oxygens (including phenoxy) is 3. The van der Waals surface area contributed by atoms with Crippen molar-refractivity contribution in [3.05, 3.63) is 75.6 Å². The molecule has 4 rings (SSSR count). The first kappa shape index (κ1) is 27.4. The zero-order valence-corrected chi connectivity index (χ0v) is 21.6. The lowest BCUT2D eigenvalue weighted by atomic mass is 9.83. The highest BCUT2D eigenvalue weighted by Crippen LogP contribution is 2.50. The van der Waals surface area contributed by atoms with Crippen LogP contribution in [-0.4, -0.2) is 51.7 Å². The van der Waals surface area contributed by atoms with Crippen molar-refractivity contribution in [2.45, 2.75) is 38.9 Å². The Hall–Kier alpha value is -4.64. The first-order chi connectivity index (χ1) is 18.5. The number of amides is 1. The monoisotopic (exact) mass is 536 g/mol. The molecule has 0 fully saturated rings. The van der Waals surface area contributed by atoms with Gasteiger partial charge in [-0.25, -0.2) is 0 Å². The number of Topliss-reactive ketones (excluding diaryl/α,β-unsaturated/α-hetero) is 1. The average molecular weight is 537 g/mol. The van der Waals surface area contributed by atoms with Crippen LogP contribution in [0.2, 0.25) is 0 Å². The van der Waals surface area contributed by atoms with Crippen molar-refractivity contribution in [3.8, 4) is 23.0 Å². The number of methoxy groups -OCH3 is 1. The Morgan fingerprint density at radius 2 is 1.90 bits per heavy atom. The molecule has 1 aliphatic rings. The van der Waals surface area contributed by atoms with Crippen LogP contribution >= 0.6 is 0 Å². The lowest BCUT2D eigenvalue weighted by Gasteiger charge is -2.25. The number of hydrogen-bond acceptors (Lipinski definition) is 10. The van der Waals surface area contributed by atoms with Crippen LogP contribution in [0.4, 0.5) is 0 Å². The number of nitrogens with two attached hydrogens (primary N) is 1. The highest BCUT2D eigenvalue weighted by Gasteiger charge is 2.36. The van der Waals surface area contributed by atoms with Crippen molar-refractivity contribution in [2.75, 3.05) is 13.7 Å². The Kier molecular flexibility index (Phi) is 7.73. The third-order valence-corrected chi connectivity index (χ3v) is 6.61. The summed E-state index contributed by atoms with van der Waals surface area (Å²) in [6.07, 6.45) is 0.253. The van der Waals surface area contributed by atoms with Crippen LogP contribution in [0, 0.1) is 6.92 Å². The number of phenols is 2. The number of rotatable bonds is 9. The summed E-state index contributed by atoms with van der Waals surface area (Å²) >= 11 is 0. The normalized spacial score (nSPS) is 14.9. The average Bonchev–Trinajstić information content (AvgIpc) is 3.33. The fraction of sp³-hybridized carbons (Fsp3) is 0.286. The van der Waals surface area contributed by atoms with Gasteiger partial charge in [-0.3, -0.25) is 19.4 Å². The van der Waals surface area contributed by atoms with E-state index in [1.807, 2.05) is 0 Å². The SMILES string of the molecule is COC(=O)C[C@H](c1cccc(OCC(N)=O)c1)c1c(O)c(C(C)=O)cc([C@H]2OCc3cnc(C)c(O)c32)c1O. The van der Waals surface area contributed by atoms with Crippen molar-refractivity contribution in [1.82, 2.24) is 4.98 Å². The lowest BCUT2D eigenvalue weighted by molar-refractivity contribution is -0.140. The molecule has 11 nitrogen and oxygen atoms in total. The van der Waals surface area contributed by atoms with Gasteiger partial charge >= 0.3 is 5.97 Å². The molecule has 0 saturated carbocycles. The molecule has 3 aromatic rings. The number of aromatic nitrogens is 1. The minimum absolute atomic E-state index is 0.0940. The summed E-state index contributed by atoms with van der Waals surface area (Å²) in [6.45, 7) is 2.58. The molecule has 1 amide bonds. The molecule has 1 aliphatic heterocycles. The second-order valence-electron chi connectivity index (χ2n) is 9.16. The van der Waals surface area contributed by atoms with Gasteiger partial charge in [-0.15, -0.1) is 0 Å². The molecule has 0 spiro atoms. The Labute approximate surface area is 223 Å². The highest BCUT2D eigenvalue weighted by atomic mass is 16.5. The third kappa shape index (κ3) is 5.34. The van der Waals surface area contributed by atoms with Crippen LogP contribution < -0.4 is 10.5 Å². The summed E-state index contributed by atoms with van der Waals surface area (Å²) in [4.78, 5) is 40.4. The van der Waals surface area contributed by atoms with Gasteiger partial charge in [-0.2, -0.15) is 0 Å². The fourth-order valence-corrected chi connectivity index (χ4v) is 4.68. The number of fused-ring (bicyclic) bond motifs is 1. The van der Waals surface area contributed by atoms with E-state index >= 15 is 0 Å². The van der Waals surface area contributed by atoms with Gasteiger partial charge in [0.1, 0.15) is 29.1 Å². The molecule has 2 heterocycles. The molecule has 0 saturated heterocycles. The minimum atomic E-state index is -1.01. The number of nitrogens with zero attached hydrogens (tertiary/aromatic N) is 1. The van der Waals surface area contributed by atoms with Crippen molar-refractivity contribution in [3.63, 3.8) is 0 Å². The fourth-order valence-electron chi connectivity index (χ4n) is 4.68. The number of carbonyl (C=O) groups excluding carboxylic acids is 3. The van der Waals surface area contributed by atoms with Gasteiger partial charge in [-0.1, -0.05) is 12.1 Å². The molecule has 0 bridgehead atoms. The van der Waals surface area contributed by atoms with E-state index in [2.05, 4.69) is 4.98 Å². The van der Waals surface area contributed by atoms with Gasteiger partial charge in [0, 0.05) is 34.4 Å². The molecular weight excluding hydrogens is 508 g/mol. The van der Waals surface area contributed by atoms with E-state index in [9.17, 15) is 29.7 Å². The molecule has 204 valence electrons. The summed E-state index contributed by atoms with van der Waals surface area (Å²) in [5, 5.41) is 33.6. The first-order valence-electron chi connectivity index (χ1n) is 12.0. The Balaban J connectivity index is 1.94. The number of aromatic hydroxyl groups is 3. The quantitative estimate of drug-likeness (QED) is 0.235. The summed E-state index contributed by atoms with van der Waals surface area (Å²) in [7, 11) is 1.20. The molecule has 2 aromatic carbocycles. The van der Waals surface area contributed by atoms with Crippen LogP contribution in [0.1, 0.15) is 69.2 Å². The number of esters is 1. The molecule has 0 aliphatic carbocycles. The van der Waals surface area contributed by atoms with E-state index in [0.717, 1.165) is 0 Å². The predicted octanol–water partition coefficient (Wildman–Crippen LogP) is 2.89. The second kappa shape index (κ2) is 11.0. The third-order valence-electron chi connectivity index (χ3n) is 6.61. The topological polar surface area (TPSA) is 178 Å². The van der Waals surface area contributed by atoms with Crippen molar-refractivity contribution < 1.29 is 43.9 Å². The van der Waals surface area contributed by atoms with Crippen molar-refractivity contribution in [1.29, 1.82) is 0 Å². The molecule has 0 unspecified atom stereocenters. The highest BCUT2D eigenvalue weighted by molar-refractivity contribution is 5.98.